The van der Waals surface area contributed by atoms with Gasteiger partial charge in [-0.05, 0) is 52.4 Å². The Morgan fingerprint density at radius 2 is 1.62 bits per heavy atom. The first-order valence-corrected chi connectivity index (χ1v) is 9.16. The molecule has 1 aromatic heterocycles. The molecule has 2 aromatic carbocycles. The molecule has 0 aliphatic heterocycles. The van der Waals surface area contributed by atoms with Crippen LogP contribution in [0, 0.1) is 0 Å². The molecule has 0 aliphatic rings. The van der Waals surface area contributed by atoms with Crippen LogP contribution in [-0.2, 0) is 13.1 Å². The fourth-order valence-electron chi connectivity index (χ4n) is 3.31. The van der Waals surface area contributed by atoms with Crippen LogP contribution in [0.15, 0.2) is 36.4 Å². The van der Waals surface area contributed by atoms with E-state index in [9.17, 15) is 0 Å². The second-order valence-electron chi connectivity index (χ2n) is 7.20. The van der Waals surface area contributed by atoms with Crippen molar-refractivity contribution in [3.63, 3.8) is 0 Å². The lowest BCUT2D eigenvalue weighted by Crippen LogP contribution is -2.29. The second-order valence-corrected chi connectivity index (χ2v) is 8.25. The molecule has 0 bridgehead atoms. The van der Waals surface area contributed by atoms with Crippen molar-refractivity contribution >= 4 is 31.5 Å². The van der Waals surface area contributed by atoms with Gasteiger partial charge < -0.3 is 4.90 Å². The highest BCUT2D eigenvalue weighted by molar-refractivity contribution is 7.26. The van der Waals surface area contributed by atoms with Gasteiger partial charge in [-0.2, -0.15) is 0 Å². The second kappa shape index (κ2) is 7.19. The Kier molecular flexibility index (Phi) is 5.21. The predicted octanol–water partition coefficient (Wildman–Crippen LogP) is 4.07. The van der Waals surface area contributed by atoms with Crippen LogP contribution >= 0.6 is 11.3 Å². The first-order valence-electron chi connectivity index (χ1n) is 8.35. The number of thiophene rings is 1. The van der Waals surface area contributed by atoms with E-state index in [1.165, 1.54) is 31.3 Å². The molecule has 3 nitrogen and oxygen atoms in total. The minimum atomic E-state index is 0.967. The molecule has 3 rings (SSSR count). The molecule has 0 radical (unpaired) electrons. The molecule has 0 spiro atoms. The maximum absolute atomic E-state index is 2.36. The standard InChI is InChI=1S/C20H27N3S/c1-21(2)12-15-9-10-17-18-8-6-7-16(13-23(5)14-22(3)4)20(18)24-19(17)11-15/h6-11H,12-14H2,1-5H3. The Bertz CT molecular complexity index is 835. The van der Waals surface area contributed by atoms with E-state index in [-0.39, 0.29) is 0 Å². The van der Waals surface area contributed by atoms with Crippen LogP contribution in [0.5, 0.6) is 0 Å². The van der Waals surface area contributed by atoms with Gasteiger partial charge in [0.15, 0.2) is 0 Å². The first-order chi connectivity index (χ1) is 11.4. The summed E-state index contributed by atoms with van der Waals surface area (Å²) in [6.45, 7) is 2.93. The number of hydrogen-bond donors (Lipinski definition) is 0. The molecule has 128 valence electrons. The number of hydrogen-bond acceptors (Lipinski definition) is 4. The summed E-state index contributed by atoms with van der Waals surface area (Å²) in [5.41, 5.74) is 2.80. The lowest BCUT2D eigenvalue weighted by Gasteiger charge is -2.21. The number of rotatable bonds is 6. The van der Waals surface area contributed by atoms with Crippen molar-refractivity contribution in [3.8, 4) is 0 Å². The Labute approximate surface area is 149 Å². The van der Waals surface area contributed by atoms with Gasteiger partial charge in [0.25, 0.3) is 0 Å². The minimum absolute atomic E-state index is 0.967. The van der Waals surface area contributed by atoms with Crippen molar-refractivity contribution in [2.75, 3.05) is 41.9 Å². The highest BCUT2D eigenvalue weighted by atomic mass is 32.1. The minimum Gasteiger partial charge on any atom is -0.305 e. The lowest BCUT2D eigenvalue weighted by molar-refractivity contribution is 0.205. The molecule has 0 atom stereocenters. The van der Waals surface area contributed by atoms with E-state index >= 15 is 0 Å². The van der Waals surface area contributed by atoms with Crippen molar-refractivity contribution in [3.05, 3.63) is 47.5 Å². The van der Waals surface area contributed by atoms with E-state index in [4.69, 9.17) is 0 Å². The molecule has 3 aromatic rings. The smallest absolute Gasteiger partial charge is 0.0501 e. The zero-order chi connectivity index (χ0) is 17.3. The zero-order valence-corrected chi connectivity index (χ0v) is 16.2. The molecule has 0 aliphatic carbocycles. The predicted molar refractivity (Wildman–Crippen MR) is 107 cm³/mol. The molecule has 0 saturated carbocycles. The number of nitrogens with zero attached hydrogens (tertiary/aromatic N) is 3. The molecule has 0 N–H and O–H groups in total. The van der Waals surface area contributed by atoms with Crippen LogP contribution < -0.4 is 0 Å². The third kappa shape index (κ3) is 3.78. The summed E-state index contributed by atoms with van der Waals surface area (Å²) < 4.78 is 2.83. The largest absolute Gasteiger partial charge is 0.305 e. The van der Waals surface area contributed by atoms with E-state index < -0.39 is 0 Å². The topological polar surface area (TPSA) is 9.72 Å². The van der Waals surface area contributed by atoms with E-state index in [0.29, 0.717) is 0 Å². The average Bonchev–Trinajstić information content (AvgIpc) is 2.84. The summed E-state index contributed by atoms with van der Waals surface area (Å²) >= 11 is 1.93. The van der Waals surface area contributed by atoms with Gasteiger partial charge in [-0.1, -0.05) is 30.3 Å². The van der Waals surface area contributed by atoms with Gasteiger partial charge in [0.05, 0.1) is 6.67 Å². The van der Waals surface area contributed by atoms with Gasteiger partial charge >= 0.3 is 0 Å². The number of fused-ring (bicyclic) bond motifs is 3. The molecule has 0 fully saturated rings. The van der Waals surface area contributed by atoms with Crippen molar-refractivity contribution in [2.24, 2.45) is 0 Å². The van der Waals surface area contributed by atoms with Gasteiger partial charge in [0.2, 0.25) is 0 Å². The number of benzene rings is 2. The molecule has 0 saturated heterocycles. The van der Waals surface area contributed by atoms with E-state index in [1.807, 2.05) is 11.3 Å². The lowest BCUT2D eigenvalue weighted by atomic mass is 10.1. The fraction of sp³-hybridized carbons (Fsp3) is 0.400. The Balaban J connectivity index is 1.99. The van der Waals surface area contributed by atoms with Crippen LogP contribution in [0.4, 0.5) is 0 Å². The Morgan fingerprint density at radius 1 is 0.833 bits per heavy atom. The normalized spacial score (nSPS) is 12.3. The summed E-state index contributed by atoms with van der Waals surface area (Å²) in [5, 5.41) is 2.77. The summed E-state index contributed by atoms with van der Waals surface area (Å²) in [7, 11) is 10.6. The molecule has 24 heavy (non-hydrogen) atoms. The van der Waals surface area contributed by atoms with Gasteiger partial charge in [-0.15, -0.1) is 11.3 Å². The molecule has 4 heteroatoms. The molecule has 0 unspecified atom stereocenters. The van der Waals surface area contributed by atoms with Crippen molar-refractivity contribution in [1.82, 2.24) is 14.7 Å². The summed E-state index contributed by atoms with van der Waals surface area (Å²) in [6.07, 6.45) is 0. The molecular formula is C20H27N3S. The SMILES string of the molecule is CN(C)Cc1ccc2c(c1)sc1c(CN(C)CN(C)C)cccc12. The van der Waals surface area contributed by atoms with Gasteiger partial charge in [0, 0.05) is 33.3 Å². The summed E-state index contributed by atoms with van der Waals surface area (Å²) in [4.78, 5) is 6.78. The molecule has 1 heterocycles. The van der Waals surface area contributed by atoms with Crippen LogP contribution in [0.3, 0.4) is 0 Å². The van der Waals surface area contributed by atoms with Gasteiger partial charge in [-0.3, -0.25) is 9.80 Å². The maximum atomic E-state index is 2.36. The van der Waals surface area contributed by atoms with Crippen molar-refractivity contribution in [1.29, 1.82) is 0 Å². The first kappa shape index (κ1) is 17.4. The van der Waals surface area contributed by atoms with E-state index in [1.54, 1.807) is 0 Å². The third-order valence-electron chi connectivity index (χ3n) is 4.11. The van der Waals surface area contributed by atoms with Crippen LogP contribution in [-0.4, -0.2) is 56.6 Å². The van der Waals surface area contributed by atoms with Gasteiger partial charge in [0.1, 0.15) is 0 Å². The van der Waals surface area contributed by atoms with Crippen molar-refractivity contribution in [2.45, 2.75) is 13.1 Å². The maximum Gasteiger partial charge on any atom is 0.0501 e. The summed E-state index contributed by atoms with van der Waals surface area (Å²) in [6, 6.07) is 13.6. The highest BCUT2D eigenvalue weighted by Gasteiger charge is 2.11. The average molecular weight is 342 g/mol. The highest BCUT2D eigenvalue weighted by Crippen LogP contribution is 2.36. The zero-order valence-electron chi connectivity index (χ0n) is 15.3. The fourth-order valence-corrected chi connectivity index (χ4v) is 4.58. The van der Waals surface area contributed by atoms with Crippen LogP contribution in [0.1, 0.15) is 11.1 Å². The van der Waals surface area contributed by atoms with Crippen LogP contribution in [0.2, 0.25) is 0 Å². The Morgan fingerprint density at radius 3 is 2.33 bits per heavy atom. The summed E-state index contributed by atoms with van der Waals surface area (Å²) in [5.74, 6) is 0. The van der Waals surface area contributed by atoms with Crippen LogP contribution in [0.25, 0.3) is 20.2 Å². The van der Waals surface area contributed by atoms with E-state index in [0.717, 1.165) is 19.8 Å². The van der Waals surface area contributed by atoms with Gasteiger partial charge in [-0.25, -0.2) is 0 Å². The van der Waals surface area contributed by atoms with E-state index in [2.05, 4.69) is 86.3 Å². The van der Waals surface area contributed by atoms with Crippen molar-refractivity contribution < 1.29 is 0 Å². The molecule has 0 amide bonds. The quantitative estimate of drug-likeness (QED) is 0.626. The monoisotopic (exact) mass is 341 g/mol. The Hall–Kier alpha value is -1.46. The third-order valence-corrected chi connectivity index (χ3v) is 5.35. The molecular weight excluding hydrogens is 314 g/mol.